The number of carbonyl (C=O) groups excluding carboxylic acids is 1. The van der Waals surface area contributed by atoms with Gasteiger partial charge in [0.2, 0.25) is 0 Å². The largest absolute Gasteiger partial charge is 0.466 e. The van der Waals surface area contributed by atoms with E-state index in [1.807, 2.05) is 0 Å². The lowest BCUT2D eigenvalue weighted by molar-refractivity contribution is -0.144. The molecule has 0 aromatic heterocycles. The van der Waals surface area contributed by atoms with Crippen molar-refractivity contribution < 1.29 is 22.7 Å². The van der Waals surface area contributed by atoms with Gasteiger partial charge in [0.1, 0.15) is 17.5 Å². The zero-order valence-corrected chi connectivity index (χ0v) is 11.5. The fourth-order valence-electron chi connectivity index (χ4n) is 2.05. The van der Waals surface area contributed by atoms with E-state index in [4.69, 9.17) is 10.5 Å². The van der Waals surface area contributed by atoms with Crippen LogP contribution in [0.5, 0.6) is 0 Å². The minimum absolute atomic E-state index is 0.117. The fourth-order valence-corrected chi connectivity index (χ4v) is 2.05. The van der Waals surface area contributed by atoms with Gasteiger partial charge in [0, 0.05) is 30.2 Å². The minimum Gasteiger partial charge on any atom is -0.466 e. The Bertz CT molecular complexity index is 456. The highest BCUT2D eigenvalue weighted by Crippen LogP contribution is 2.26. The predicted octanol–water partition coefficient (Wildman–Crippen LogP) is 3.08. The van der Waals surface area contributed by atoms with Crippen molar-refractivity contribution in [3.05, 3.63) is 35.1 Å². The molecule has 112 valence electrons. The summed E-state index contributed by atoms with van der Waals surface area (Å²) in [7, 11) is 0. The molecule has 2 unspecified atom stereocenters. The molecule has 0 spiro atoms. The number of nitrogens with two attached hydrogens (primary N) is 1. The third-order valence-electron chi connectivity index (χ3n) is 2.89. The zero-order chi connectivity index (χ0) is 15.3. The van der Waals surface area contributed by atoms with Gasteiger partial charge in [-0.1, -0.05) is 6.92 Å². The minimum atomic E-state index is -1.02. The van der Waals surface area contributed by atoms with E-state index >= 15 is 0 Å². The number of hydrogen-bond acceptors (Lipinski definition) is 3. The fraction of sp³-hybridized carbons (Fsp3) is 0.500. The highest BCUT2D eigenvalue weighted by molar-refractivity contribution is 5.69. The summed E-state index contributed by atoms with van der Waals surface area (Å²) in [5.74, 6) is -3.60. The topological polar surface area (TPSA) is 52.3 Å². The summed E-state index contributed by atoms with van der Waals surface area (Å²) in [5.41, 5.74) is 5.38. The van der Waals surface area contributed by atoms with Crippen LogP contribution in [0.1, 0.15) is 38.3 Å². The van der Waals surface area contributed by atoms with Crippen molar-refractivity contribution in [2.24, 2.45) is 11.7 Å². The maximum atomic E-state index is 13.5. The van der Waals surface area contributed by atoms with Gasteiger partial charge in [-0.15, -0.1) is 0 Å². The smallest absolute Gasteiger partial charge is 0.306 e. The van der Waals surface area contributed by atoms with Crippen molar-refractivity contribution in [1.29, 1.82) is 0 Å². The highest BCUT2D eigenvalue weighted by Gasteiger charge is 2.21. The maximum absolute atomic E-state index is 13.5. The maximum Gasteiger partial charge on any atom is 0.306 e. The molecule has 20 heavy (non-hydrogen) atoms. The lowest BCUT2D eigenvalue weighted by atomic mass is 9.93. The second-order valence-corrected chi connectivity index (χ2v) is 4.74. The van der Waals surface area contributed by atoms with Gasteiger partial charge in [0.15, 0.2) is 0 Å². The van der Waals surface area contributed by atoms with Crippen molar-refractivity contribution in [1.82, 2.24) is 0 Å². The summed E-state index contributed by atoms with van der Waals surface area (Å²) in [6.45, 7) is 3.70. The molecule has 1 rings (SSSR count). The third-order valence-corrected chi connectivity index (χ3v) is 2.89. The van der Waals surface area contributed by atoms with Crippen molar-refractivity contribution in [3.8, 4) is 0 Å². The molecule has 6 heteroatoms. The van der Waals surface area contributed by atoms with Crippen molar-refractivity contribution in [3.63, 3.8) is 0 Å². The zero-order valence-electron chi connectivity index (χ0n) is 11.5. The Balaban J connectivity index is 2.71. The van der Waals surface area contributed by atoms with Gasteiger partial charge in [-0.2, -0.15) is 0 Å². The molecule has 0 saturated heterocycles. The Morgan fingerprint density at radius 1 is 1.30 bits per heavy atom. The normalized spacial score (nSPS) is 13.9. The Morgan fingerprint density at radius 3 is 2.35 bits per heavy atom. The molecule has 0 aliphatic heterocycles. The highest BCUT2D eigenvalue weighted by atomic mass is 19.1. The molecule has 0 amide bonds. The number of esters is 1. The van der Waals surface area contributed by atoms with E-state index < -0.39 is 23.5 Å². The Hall–Kier alpha value is -1.56. The van der Waals surface area contributed by atoms with E-state index in [0.717, 1.165) is 0 Å². The van der Waals surface area contributed by atoms with Crippen LogP contribution < -0.4 is 5.73 Å². The molecule has 0 saturated carbocycles. The molecule has 0 fully saturated rings. The summed E-state index contributed by atoms with van der Waals surface area (Å²) in [5, 5.41) is 0. The SMILES string of the molecule is CCOC(=O)CC(C)CC(N)c1c(F)cc(F)cc1F. The molecule has 0 heterocycles. The Kier molecular flexibility index (Phi) is 6.01. The van der Waals surface area contributed by atoms with E-state index in [-0.39, 0.29) is 36.9 Å². The molecule has 2 atom stereocenters. The van der Waals surface area contributed by atoms with E-state index in [1.54, 1.807) is 13.8 Å². The molecule has 3 nitrogen and oxygen atoms in total. The van der Waals surface area contributed by atoms with Crippen LogP contribution in [0.15, 0.2) is 12.1 Å². The molecule has 0 bridgehead atoms. The van der Waals surface area contributed by atoms with Crippen LogP contribution >= 0.6 is 0 Å². The second kappa shape index (κ2) is 7.28. The monoisotopic (exact) mass is 289 g/mol. The average Bonchev–Trinajstić information content (AvgIpc) is 2.26. The second-order valence-electron chi connectivity index (χ2n) is 4.74. The van der Waals surface area contributed by atoms with Gasteiger partial charge in [-0.05, 0) is 19.3 Å². The Labute approximate surface area is 115 Å². The lowest BCUT2D eigenvalue weighted by Crippen LogP contribution is -2.19. The van der Waals surface area contributed by atoms with Gasteiger partial charge in [0.05, 0.1) is 6.61 Å². The van der Waals surface area contributed by atoms with E-state index in [9.17, 15) is 18.0 Å². The van der Waals surface area contributed by atoms with Crippen molar-refractivity contribution >= 4 is 5.97 Å². The van der Waals surface area contributed by atoms with Crippen LogP contribution in [-0.4, -0.2) is 12.6 Å². The molecule has 0 aliphatic rings. The summed E-state index contributed by atoms with van der Waals surface area (Å²) in [4.78, 5) is 11.3. The van der Waals surface area contributed by atoms with E-state index in [1.165, 1.54) is 0 Å². The van der Waals surface area contributed by atoms with Crippen LogP contribution in [0, 0.1) is 23.4 Å². The molecular weight excluding hydrogens is 271 g/mol. The summed E-state index contributed by atoms with van der Waals surface area (Å²) in [6.07, 6.45) is 0.310. The third kappa shape index (κ3) is 4.52. The van der Waals surface area contributed by atoms with Crippen LogP contribution in [0.2, 0.25) is 0 Å². The first-order chi connectivity index (χ1) is 9.35. The predicted molar refractivity (Wildman–Crippen MR) is 68.3 cm³/mol. The number of ether oxygens (including phenoxy) is 1. The Morgan fingerprint density at radius 2 is 1.85 bits per heavy atom. The number of carbonyl (C=O) groups is 1. The molecule has 0 radical (unpaired) electrons. The first kappa shape index (κ1) is 16.5. The van der Waals surface area contributed by atoms with Gasteiger partial charge >= 0.3 is 5.97 Å². The van der Waals surface area contributed by atoms with Crippen LogP contribution in [0.25, 0.3) is 0 Å². The van der Waals surface area contributed by atoms with Crippen LogP contribution in [0.3, 0.4) is 0 Å². The molecule has 2 N–H and O–H groups in total. The van der Waals surface area contributed by atoms with Crippen molar-refractivity contribution in [2.75, 3.05) is 6.61 Å². The number of halogens is 3. The van der Waals surface area contributed by atoms with E-state index in [2.05, 4.69) is 0 Å². The number of hydrogen-bond donors (Lipinski definition) is 1. The average molecular weight is 289 g/mol. The number of rotatable bonds is 6. The molecule has 1 aromatic rings. The first-order valence-corrected chi connectivity index (χ1v) is 6.40. The van der Waals surface area contributed by atoms with Crippen LogP contribution in [0.4, 0.5) is 13.2 Å². The molecular formula is C14H18F3NO2. The molecule has 1 aromatic carbocycles. The van der Waals surface area contributed by atoms with Gasteiger partial charge in [-0.3, -0.25) is 4.79 Å². The molecule has 0 aliphatic carbocycles. The first-order valence-electron chi connectivity index (χ1n) is 6.40. The summed E-state index contributed by atoms with van der Waals surface area (Å²) in [6, 6.07) is 0.239. The standard InChI is InChI=1S/C14H18F3NO2/c1-3-20-13(19)5-8(2)4-12(18)14-10(16)6-9(15)7-11(14)17/h6-8,12H,3-5,18H2,1-2H3. The van der Waals surface area contributed by atoms with E-state index in [0.29, 0.717) is 12.1 Å². The van der Waals surface area contributed by atoms with Crippen molar-refractivity contribution in [2.45, 2.75) is 32.7 Å². The summed E-state index contributed by atoms with van der Waals surface area (Å²) >= 11 is 0. The van der Waals surface area contributed by atoms with Gasteiger partial charge < -0.3 is 10.5 Å². The quantitative estimate of drug-likeness (QED) is 0.819. The van der Waals surface area contributed by atoms with Crippen LogP contribution in [-0.2, 0) is 9.53 Å². The lowest BCUT2D eigenvalue weighted by Gasteiger charge is -2.18. The summed E-state index contributed by atoms with van der Waals surface area (Å²) < 4.78 is 44.7. The van der Waals surface area contributed by atoms with Gasteiger partial charge in [-0.25, -0.2) is 13.2 Å². The number of benzene rings is 1. The van der Waals surface area contributed by atoms with Gasteiger partial charge in [0.25, 0.3) is 0 Å².